The van der Waals surface area contributed by atoms with Gasteiger partial charge in [-0.2, -0.15) is 10.2 Å². The molecule has 0 aromatic heterocycles. The number of hydrogen-bond acceptors (Lipinski definition) is 2. The molecule has 2 aromatic carbocycles. The van der Waals surface area contributed by atoms with E-state index in [1.165, 1.54) is 22.3 Å². The largest absolute Gasteiger partial charge is 0.185 e. The summed E-state index contributed by atoms with van der Waals surface area (Å²) < 4.78 is 0. The highest BCUT2D eigenvalue weighted by atomic mass is 15.1. The molecule has 0 saturated heterocycles. The van der Waals surface area contributed by atoms with E-state index in [1.807, 2.05) is 0 Å². The van der Waals surface area contributed by atoms with Crippen molar-refractivity contribution >= 4 is 0 Å². The first-order valence-corrected chi connectivity index (χ1v) is 9.55. The molecular weight excluding hydrogens is 316 g/mol. The topological polar surface area (TPSA) is 24.7 Å². The summed E-state index contributed by atoms with van der Waals surface area (Å²) in [5.41, 5.74) is 5.02. The molecule has 0 N–H and O–H groups in total. The molecule has 2 nitrogen and oxygen atoms in total. The molecule has 0 fully saturated rings. The molecule has 2 heteroatoms. The number of rotatable bonds is 2. The Kier molecular flexibility index (Phi) is 6.54. The minimum Gasteiger partial charge on any atom is -0.185 e. The number of aryl methyl sites for hydroxylation is 2. The van der Waals surface area contributed by atoms with Crippen LogP contribution >= 0.6 is 0 Å². The van der Waals surface area contributed by atoms with Crippen LogP contribution in [0, 0.1) is 13.8 Å². The van der Waals surface area contributed by atoms with E-state index < -0.39 is 0 Å². The first-order chi connectivity index (χ1) is 12.7. The normalized spacial score (nSPS) is 24.8. The number of nitrogens with zero attached hydrogens (tertiary/aromatic N) is 2. The minimum absolute atomic E-state index is 0.0863. The average molecular weight is 345 g/mol. The third kappa shape index (κ3) is 5.26. The predicted molar refractivity (Wildman–Crippen MR) is 109 cm³/mol. The Labute approximate surface area is 157 Å². The van der Waals surface area contributed by atoms with Crippen molar-refractivity contribution in [3.05, 3.63) is 95.1 Å². The molecule has 0 bridgehead atoms. The standard InChI is InChI=1S/C24H28N2/c1-19-11-15-21(16-12-19)23-9-7-5-3-4-6-8-10-24(26-25-23)22-17-13-20(2)14-18-22/h5-8,11-18,23-24H,3-4,9-10H2,1-2H3/b7-5+,8-6+,26-25+. The van der Waals surface area contributed by atoms with Crippen molar-refractivity contribution in [2.75, 3.05) is 0 Å². The summed E-state index contributed by atoms with van der Waals surface area (Å²) >= 11 is 0. The Balaban J connectivity index is 1.89. The van der Waals surface area contributed by atoms with Crippen LogP contribution < -0.4 is 0 Å². The lowest BCUT2D eigenvalue weighted by Crippen LogP contribution is -1.98. The van der Waals surface area contributed by atoms with Gasteiger partial charge < -0.3 is 0 Å². The smallest absolute Gasteiger partial charge is 0.0992 e. The summed E-state index contributed by atoms with van der Waals surface area (Å²) in [4.78, 5) is 0. The van der Waals surface area contributed by atoms with Crippen LogP contribution in [0.25, 0.3) is 0 Å². The zero-order valence-corrected chi connectivity index (χ0v) is 15.8. The fraction of sp³-hybridized carbons (Fsp3) is 0.333. The SMILES string of the molecule is Cc1ccc(C2C/C=C/CC/C=C/CC(c3ccc(C)cc3)/N=N/2)cc1. The van der Waals surface area contributed by atoms with E-state index >= 15 is 0 Å². The second-order valence-corrected chi connectivity index (χ2v) is 7.08. The van der Waals surface area contributed by atoms with E-state index in [2.05, 4.69) is 86.7 Å². The van der Waals surface area contributed by atoms with Gasteiger partial charge in [-0.25, -0.2) is 0 Å². The molecule has 134 valence electrons. The lowest BCUT2D eigenvalue weighted by molar-refractivity contribution is 0.605. The summed E-state index contributed by atoms with van der Waals surface area (Å²) in [5.74, 6) is 0. The van der Waals surface area contributed by atoms with Crippen LogP contribution in [-0.2, 0) is 0 Å². The van der Waals surface area contributed by atoms with Gasteiger partial charge >= 0.3 is 0 Å². The van der Waals surface area contributed by atoms with Gasteiger partial charge in [0.1, 0.15) is 0 Å². The van der Waals surface area contributed by atoms with Crippen LogP contribution in [0.3, 0.4) is 0 Å². The Morgan fingerprint density at radius 2 is 0.962 bits per heavy atom. The first kappa shape index (κ1) is 18.3. The Morgan fingerprint density at radius 3 is 1.35 bits per heavy atom. The molecule has 3 rings (SSSR count). The number of hydrogen-bond donors (Lipinski definition) is 0. The second kappa shape index (κ2) is 9.28. The monoisotopic (exact) mass is 344 g/mol. The Morgan fingerprint density at radius 1 is 0.577 bits per heavy atom. The third-order valence-corrected chi connectivity index (χ3v) is 4.82. The van der Waals surface area contributed by atoms with Crippen molar-refractivity contribution in [3.63, 3.8) is 0 Å². The predicted octanol–water partition coefficient (Wildman–Crippen LogP) is 7.22. The van der Waals surface area contributed by atoms with Gasteiger partial charge in [0.25, 0.3) is 0 Å². The summed E-state index contributed by atoms with van der Waals surface area (Å²) in [7, 11) is 0. The molecule has 0 amide bonds. The molecule has 1 aliphatic rings. The van der Waals surface area contributed by atoms with Gasteiger partial charge in [0.05, 0.1) is 12.1 Å². The van der Waals surface area contributed by atoms with E-state index in [4.69, 9.17) is 10.2 Å². The molecule has 0 aliphatic carbocycles. The zero-order chi connectivity index (χ0) is 18.2. The molecule has 26 heavy (non-hydrogen) atoms. The van der Waals surface area contributed by atoms with Gasteiger partial charge in [-0.15, -0.1) is 0 Å². The van der Waals surface area contributed by atoms with E-state index in [1.54, 1.807) is 0 Å². The lowest BCUT2D eigenvalue weighted by Gasteiger charge is -2.14. The molecule has 0 radical (unpaired) electrons. The van der Waals surface area contributed by atoms with Crippen LogP contribution in [0.2, 0.25) is 0 Å². The molecule has 0 saturated carbocycles. The maximum atomic E-state index is 4.78. The van der Waals surface area contributed by atoms with Crippen molar-refractivity contribution in [1.82, 2.24) is 0 Å². The third-order valence-electron chi connectivity index (χ3n) is 4.82. The molecular formula is C24H28N2. The van der Waals surface area contributed by atoms with E-state index in [9.17, 15) is 0 Å². The molecule has 2 atom stereocenters. The van der Waals surface area contributed by atoms with Gasteiger partial charge in [0, 0.05) is 0 Å². The molecule has 1 aliphatic heterocycles. The van der Waals surface area contributed by atoms with Crippen LogP contribution in [0.15, 0.2) is 83.1 Å². The highest BCUT2D eigenvalue weighted by molar-refractivity contribution is 5.26. The fourth-order valence-electron chi connectivity index (χ4n) is 3.12. The molecule has 1 heterocycles. The van der Waals surface area contributed by atoms with Gasteiger partial charge in [-0.3, -0.25) is 0 Å². The Hall–Kier alpha value is -2.48. The number of azo groups is 1. The van der Waals surface area contributed by atoms with Crippen molar-refractivity contribution in [3.8, 4) is 0 Å². The summed E-state index contributed by atoms with van der Waals surface area (Å²) in [6.07, 6.45) is 13.0. The highest BCUT2D eigenvalue weighted by Crippen LogP contribution is 2.28. The van der Waals surface area contributed by atoms with Crippen LogP contribution in [0.5, 0.6) is 0 Å². The average Bonchev–Trinajstić information content (AvgIpc) is 2.64. The van der Waals surface area contributed by atoms with Crippen LogP contribution in [0.4, 0.5) is 0 Å². The maximum Gasteiger partial charge on any atom is 0.0992 e. The second-order valence-electron chi connectivity index (χ2n) is 7.08. The van der Waals surface area contributed by atoms with E-state index in [0.717, 1.165) is 25.7 Å². The summed E-state index contributed by atoms with van der Waals surface area (Å²) in [6.45, 7) is 4.23. The molecule has 2 aromatic rings. The van der Waals surface area contributed by atoms with Gasteiger partial charge in [-0.1, -0.05) is 84.0 Å². The molecule has 2 unspecified atom stereocenters. The van der Waals surface area contributed by atoms with Gasteiger partial charge in [0.2, 0.25) is 0 Å². The zero-order valence-electron chi connectivity index (χ0n) is 15.8. The molecule has 0 spiro atoms. The summed E-state index contributed by atoms with van der Waals surface area (Å²) in [6, 6.07) is 17.5. The van der Waals surface area contributed by atoms with E-state index in [0.29, 0.717) is 0 Å². The highest BCUT2D eigenvalue weighted by Gasteiger charge is 2.13. The fourth-order valence-corrected chi connectivity index (χ4v) is 3.12. The minimum atomic E-state index is 0.0863. The first-order valence-electron chi connectivity index (χ1n) is 9.55. The van der Waals surface area contributed by atoms with Gasteiger partial charge in [-0.05, 0) is 50.7 Å². The lowest BCUT2D eigenvalue weighted by atomic mass is 10.0. The van der Waals surface area contributed by atoms with Crippen molar-refractivity contribution in [2.24, 2.45) is 10.2 Å². The van der Waals surface area contributed by atoms with Crippen molar-refractivity contribution in [1.29, 1.82) is 0 Å². The van der Waals surface area contributed by atoms with Crippen molar-refractivity contribution < 1.29 is 0 Å². The van der Waals surface area contributed by atoms with Gasteiger partial charge in [0.15, 0.2) is 0 Å². The number of allylic oxidation sites excluding steroid dienone is 2. The number of benzene rings is 2. The maximum absolute atomic E-state index is 4.78. The Bertz CT molecular complexity index is 699. The quantitative estimate of drug-likeness (QED) is 0.514. The summed E-state index contributed by atoms with van der Waals surface area (Å²) in [5, 5.41) is 9.55. The van der Waals surface area contributed by atoms with Crippen LogP contribution in [0.1, 0.15) is 60.0 Å². The van der Waals surface area contributed by atoms with Crippen molar-refractivity contribution in [2.45, 2.75) is 51.6 Å². The van der Waals surface area contributed by atoms with E-state index in [-0.39, 0.29) is 12.1 Å². The van der Waals surface area contributed by atoms with Crippen LogP contribution in [-0.4, -0.2) is 0 Å².